The Labute approximate surface area is 158 Å². The van der Waals surface area contributed by atoms with Crippen LogP contribution >= 0.6 is 11.6 Å². The van der Waals surface area contributed by atoms with Gasteiger partial charge in [-0.25, -0.2) is 9.97 Å². The summed E-state index contributed by atoms with van der Waals surface area (Å²) in [4.78, 5) is 13.6. The van der Waals surface area contributed by atoms with E-state index in [1.165, 1.54) is 11.3 Å². The predicted octanol–water partition coefficient (Wildman–Crippen LogP) is 3.76. The van der Waals surface area contributed by atoms with Gasteiger partial charge in [-0.1, -0.05) is 31.5 Å². The summed E-state index contributed by atoms with van der Waals surface area (Å²) < 4.78 is 0. The van der Waals surface area contributed by atoms with Crippen LogP contribution in [0, 0.1) is 6.92 Å². The minimum absolute atomic E-state index is 0.347. The average Bonchev–Trinajstić information content (AvgIpc) is 3.08. The van der Waals surface area contributed by atoms with E-state index in [0.717, 1.165) is 53.7 Å². The van der Waals surface area contributed by atoms with Gasteiger partial charge < -0.3 is 9.80 Å². The summed E-state index contributed by atoms with van der Waals surface area (Å²) in [6, 6.07) is 6.08. The van der Waals surface area contributed by atoms with Gasteiger partial charge in [0, 0.05) is 36.9 Å². The van der Waals surface area contributed by atoms with Crippen LogP contribution in [0.2, 0.25) is 5.02 Å². The number of fused-ring (bicyclic) bond motifs is 1. The Morgan fingerprint density at radius 3 is 2.54 bits per heavy atom. The molecule has 2 aromatic heterocycles. The second-order valence-electron chi connectivity index (χ2n) is 7.09. The van der Waals surface area contributed by atoms with Crippen molar-refractivity contribution in [3.63, 3.8) is 0 Å². The number of aromatic amines is 1. The van der Waals surface area contributed by atoms with Crippen LogP contribution < -0.4 is 9.80 Å². The number of aromatic nitrogens is 4. The Kier molecular flexibility index (Phi) is 4.44. The van der Waals surface area contributed by atoms with E-state index in [9.17, 15) is 0 Å². The maximum atomic E-state index is 6.20. The van der Waals surface area contributed by atoms with Crippen molar-refractivity contribution in [2.24, 2.45) is 0 Å². The Morgan fingerprint density at radius 2 is 1.81 bits per heavy atom. The topological polar surface area (TPSA) is 60.9 Å². The summed E-state index contributed by atoms with van der Waals surface area (Å²) in [5.74, 6) is 1.33. The van der Waals surface area contributed by atoms with Crippen molar-refractivity contribution in [1.82, 2.24) is 20.2 Å². The first-order chi connectivity index (χ1) is 12.5. The minimum atomic E-state index is 0.347. The predicted molar refractivity (Wildman–Crippen MR) is 106 cm³/mol. The van der Waals surface area contributed by atoms with Crippen molar-refractivity contribution in [2.75, 3.05) is 36.0 Å². The molecule has 4 rings (SSSR count). The number of benzene rings is 1. The van der Waals surface area contributed by atoms with E-state index in [1.54, 1.807) is 6.33 Å². The lowest BCUT2D eigenvalue weighted by atomic mass is 10.1. The number of halogens is 1. The zero-order chi connectivity index (χ0) is 18.3. The van der Waals surface area contributed by atoms with E-state index in [-0.39, 0.29) is 0 Å². The highest BCUT2D eigenvalue weighted by Gasteiger charge is 2.24. The fourth-order valence-corrected chi connectivity index (χ4v) is 3.77. The molecule has 0 amide bonds. The first kappa shape index (κ1) is 17.1. The molecule has 7 heteroatoms. The molecule has 0 radical (unpaired) electrons. The molecule has 6 nitrogen and oxygen atoms in total. The van der Waals surface area contributed by atoms with Crippen LogP contribution in [-0.2, 0) is 0 Å². The molecule has 136 valence electrons. The zero-order valence-electron chi connectivity index (χ0n) is 15.3. The Bertz CT molecular complexity index is 927. The smallest absolute Gasteiger partial charge is 0.186 e. The molecule has 3 aromatic rings. The molecule has 0 atom stereocenters. The van der Waals surface area contributed by atoms with E-state index < -0.39 is 0 Å². The number of anilines is 2. The maximum Gasteiger partial charge on any atom is 0.186 e. The summed E-state index contributed by atoms with van der Waals surface area (Å²) >= 11 is 6.20. The van der Waals surface area contributed by atoms with Crippen LogP contribution in [0.4, 0.5) is 11.5 Å². The highest BCUT2D eigenvalue weighted by Crippen LogP contribution is 2.31. The number of aryl methyl sites for hydroxylation is 1. The first-order valence-corrected chi connectivity index (χ1v) is 9.37. The monoisotopic (exact) mass is 370 g/mol. The largest absolute Gasteiger partial charge is 0.368 e. The van der Waals surface area contributed by atoms with Crippen LogP contribution in [0.5, 0.6) is 0 Å². The third-order valence-corrected chi connectivity index (χ3v) is 5.26. The fourth-order valence-electron chi connectivity index (χ4n) is 3.60. The maximum absolute atomic E-state index is 6.20. The van der Waals surface area contributed by atoms with Crippen LogP contribution in [0.3, 0.4) is 0 Å². The molecular formula is C19H23ClN6. The molecule has 0 unspecified atom stereocenters. The molecule has 0 saturated carbocycles. The van der Waals surface area contributed by atoms with Gasteiger partial charge in [-0.3, -0.25) is 5.10 Å². The number of hydrogen-bond acceptors (Lipinski definition) is 5. The standard InChI is InChI=1S/C19H23ClN6/c1-12(2)17-16-18(24-23-17)21-11-22-19(16)26-8-6-25(7-9-26)15-10-14(20)5-4-13(15)3/h4-5,10-12H,6-9H2,1-3H3,(H,21,22,23,24). The second kappa shape index (κ2) is 6.76. The van der Waals surface area contributed by atoms with E-state index in [0.29, 0.717) is 5.92 Å². The normalized spacial score (nSPS) is 15.3. The number of nitrogens with zero attached hydrogens (tertiary/aromatic N) is 5. The molecule has 1 N–H and O–H groups in total. The summed E-state index contributed by atoms with van der Waals surface area (Å²) in [6.07, 6.45) is 1.61. The lowest BCUT2D eigenvalue weighted by Gasteiger charge is -2.37. The van der Waals surface area contributed by atoms with Gasteiger partial charge in [-0.2, -0.15) is 5.10 Å². The quantitative estimate of drug-likeness (QED) is 0.760. The van der Waals surface area contributed by atoms with Gasteiger partial charge in [0.15, 0.2) is 5.65 Å². The van der Waals surface area contributed by atoms with Crippen molar-refractivity contribution in [3.8, 4) is 0 Å². The molecule has 0 bridgehead atoms. The van der Waals surface area contributed by atoms with E-state index in [4.69, 9.17) is 11.6 Å². The van der Waals surface area contributed by atoms with Gasteiger partial charge >= 0.3 is 0 Å². The molecule has 1 fully saturated rings. The first-order valence-electron chi connectivity index (χ1n) is 8.99. The number of rotatable bonds is 3. The average molecular weight is 371 g/mol. The summed E-state index contributed by atoms with van der Waals surface area (Å²) in [7, 11) is 0. The van der Waals surface area contributed by atoms with Gasteiger partial charge in [0.05, 0.1) is 11.1 Å². The number of hydrogen-bond donors (Lipinski definition) is 1. The molecule has 0 aliphatic carbocycles. The van der Waals surface area contributed by atoms with Gasteiger partial charge in [0.1, 0.15) is 12.1 Å². The van der Waals surface area contributed by atoms with Crippen LogP contribution in [0.15, 0.2) is 24.5 Å². The van der Waals surface area contributed by atoms with Crippen molar-refractivity contribution >= 4 is 34.1 Å². The summed E-state index contributed by atoms with van der Waals surface area (Å²) in [6.45, 7) is 10.1. The zero-order valence-corrected chi connectivity index (χ0v) is 16.1. The Hall–Kier alpha value is -2.34. The molecular weight excluding hydrogens is 348 g/mol. The van der Waals surface area contributed by atoms with Crippen molar-refractivity contribution in [3.05, 3.63) is 40.8 Å². The number of H-pyrrole nitrogens is 1. The highest BCUT2D eigenvalue weighted by molar-refractivity contribution is 6.30. The van der Waals surface area contributed by atoms with Gasteiger partial charge in [-0.15, -0.1) is 0 Å². The van der Waals surface area contributed by atoms with E-state index in [2.05, 4.69) is 62.9 Å². The third kappa shape index (κ3) is 2.98. The van der Waals surface area contributed by atoms with Crippen LogP contribution in [-0.4, -0.2) is 46.3 Å². The molecule has 1 saturated heterocycles. The SMILES string of the molecule is Cc1ccc(Cl)cc1N1CCN(c2ncnc3n[nH]c(C(C)C)c23)CC1. The Morgan fingerprint density at radius 1 is 1.08 bits per heavy atom. The summed E-state index contributed by atoms with van der Waals surface area (Å²) in [5, 5.41) is 9.32. The molecule has 1 aromatic carbocycles. The third-order valence-electron chi connectivity index (χ3n) is 5.03. The van der Waals surface area contributed by atoms with Crippen LogP contribution in [0.1, 0.15) is 31.0 Å². The molecule has 26 heavy (non-hydrogen) atoms. The lowest BCUT2D eigenvalue weighted by Crippen LogP contribution is -2.47. The lowest BCUT2D eigenvalue weighted by molar-refractivity contribution is 0.647. The molecule has 3 heterocycles. The van der Waals surface area contributed by atoms with Gasteiger partial charge in [0.25, 0.3) is 0 Å². The second-order valence-corrected chi connectivity index (χ2v) is 7.53. The highest BCUT2D eigenvalue weighted by atomic mass is 35.5. The number of piperazine rings is 1. The molecule has 1 aliphatic heterocycles. The number of nitrogens with one attached hydrogen (secondary N) is 1. The van der Waals surface area contributed by atoms with E-state index in [1.807, 2.05) is 6.07 Å². The summed E-state index contributed by atoms with van der Waals surface area (Å²) in [5.41, 5.74) is 4.32. The molecule has 0 spiro atoms. The van der Waals surface area contributed by atoms with Gasteiger partial charge in [-0.05, 0) is 30.5 Å². The van der Waals surface area contributed by atoms with Crippen molar-refractivity contribution in [2.45, 2.75) is 26.7 Å². The minimum Gasteiger partial charge on any atom is -0.368 e. The van der Waals surface area contributed by atoms with Gasteiger partial charge in [0.2, 0.25) is 0 Å². The molecule has 1 aliphatic rings. The van der Waals surface area contributed by atoms with Crippen LogP contribution in [0.25, 0.3) is 11.0 Å². The Balaban J connectivity index is 1.60. The van der Waals surface area contributed by atoms with E-state index >= 15 is 0 Å². The fraction of sp³-hybridized carbons (Fsp3) is 0.421. The van der Waals surface area contributed by atoms with Crippen molar-refractivity contribution < 1.29 is 0 Å². The van der Waals surface area contributed by atoms with Crippen molar-refractivity contribution in [1.29, 1.82) is 0 Å².